The molecule has 38 heavy (non-hydrogen) atoms. The third kappa shape index (κ3) is 5.21. The van der Waals surface area contributed by atoms with Crippen molar-refractivity contribution in [2.45, 2.75) is 32.4 Å². The first-order valence-electron chi connectivity index (χ1n) is 12.3. The van der Waals surface area contributed by atoms with Gasteiger partial charge in [0.25, 0.3) is 0 Å². The van der Waals surface area contributed by atoms with Crippen LogP contribution in [0.1, 0.15) is 41.1 Å². The van der Waals surface area contributed by atoms with E-state index in [1.807, 2.05) is 35.2 Å². The first-order valence-corrected chi connectivity index (χ1v) is 13.5. The Balaban J connectivity index is 1.47. The highest BCUT2D eigenvalue weighted by Gasteiger charge is 2.41. The number of carbonyl (C=O) groups excluding carboxylic acids is 1. The van der Waals surface area contributed by atoms with Gasteiger partial charge in [0.05, 0.1) is 23.5 Å². The third-order valence-electron chi connectivity index (χ3n) is 6.80. The molecule has 6 nitrogen and oxygen atoms in total. The van der Waals surface area contributed by atoms with E-state index < -0.39 is 5.82 Å². The zero-order valence-electron chi connectivity index (χ0n) is 21.0. The Hall–Kier alpha value is -3.56. The average Bonchev–Trinajstić information content (AvgIpc) is 3.39. The van der Waals surface area contributed by atoms with Gasteiger partial charge in [-0.05, 0) is 86.2 Å². The summed E-state index contributed by atoms with van der Waals surface area (Å²) in [6.45, 7) is 4.55. The number of rotatable bonds is 7. The van der Waals surface area contributed by atoms with Crippen LogP contribution in [0.2, 0.25) is 0 Å². The van der Waals surface area contributed by atoms with Gasteiger partial charge < -0.3 is 20.1 Å². The van der Waals surface area contributed by atoms with Gasteiger partial charge in [0, 0.05) is 40.7 Å². The maximum atomic E-state index is 14.1. The molecule has 0 unspecified atom stereocenters. The van der Waals surface area contributed by atoms with E-state index in [1.54, 1.807) is 24.4 Å². The van der Waals surface area contributed by atoms with Crippen molar-refractivity contribution in [1.82, 2.24) is 19.8 Å². The molecule has 0 aliphatic carbocycles. The Bertz CT molecular complexity index is 1470. The summed E-state index contributed by atoms with van der Waals surface area (Å²) in [7, 11) is 0. The highest BCUT2D eigenvalue weighted by atomic mass is 79.9. The molecule has 0 radical (unpaired) electrons. The molecule has 2 aromatic heterocycles. The summed E-state index contributed by atoms with van der Waals surface area (Å²) in [5, 5.41) is 6.67. The number of anilines is 1. The molecule has 3 heterocycles. The fraction of sp³-hybridized carbons (Fsp3) is 0.207. The van der Waals surface area contributed by atoms with Crippen LogP contribution in [0.15, 0.2) is 83.5 Å². The lowest BCUT2D eigenvalue weighted by molar-refractivity contribution is -0.116. The topological polar surface area (TPSA) is 62.2 Å². The molecule has 9 heteroatoms. The number of amides is 1. The highest BCUT2D eigenvalue weighted by molar-refractivity contribution is 9.10. The van der Waals surface area contributed by atoms with Crippen LogP contribution >= 0.6 is 28.1 Å². The van der Waals surface area contributed by atoms with Gasteiger partial charge >= 0.3 is 0 Å². The number of pyridine rings is 1. The summed E-state index contributed by atoms with van der Waals surface area (Å²) < 4.78 is 17.3. The molecule has 1 aliphatic rings. The third-order valence-corrected chi connectivity index (χ3v) is 7.68. The lowest BCUT2D eigenvalue weighted by Crippen LogP contribution is -2.33. The summed E-state index contributed by atoms with van der Waals surface area (Å²) in [4.78, 5) is 19.4. The Kier molecular flexibility index (Phi) is 7.58. The molecule has 2 atom stereocenters. The minimum atomic E-state index is -0.465. The molecule has 0 bridgehead atoms. The predicted molar refractivity (Wildman–Crippen MR) is 155 cm³/mol. The number of carbonyl (C=O) groups is 1. The van der Waals surface area contributed by atoms with E-state index in [9.17, 15) is 9.18 Å². The molecule has 1 saturated heterocycles. The summed E-state index contributed by atoms with van der Waals surface area (Å²) in [5.41, 5.74) is 5.38. The number of aromatic nitrogens is 2. The summed E-state index contributed by atoms with van der Waals surface area (Å²) in [6, 6.07) is 22.0. The zero-order valence-corrected chi connectivity index (χ0v) is 23.4. The normalized spacial score (nSPS) is 16.9. The predicted octanol–water partition coefficient (Wildman–Crippen LogP) is 6.39. The van der Waals surface area contributed by atoms with Crippen LogP contribution in [0.25, 0.3) is 5.69 Å². The van der Waals surface area contributed by atoms with Gasteiger partial charge in [0.15, 0.2) is 5.11 Å². The molecular formula is C29H27BrFN5OS. The molecular weight excluding hydrogens is 565 g/mol. The largest absolute Gasteiger partial charge is 0.352 e. The number of para-hydroxylation sites is 1. The van der Waals surface area contributed by atoms with Crippen LogP contribution in [0.4, 0.5) is 10.1 Å². The molecule has 1 amide bonds. The Morgan fingerprint density at radius 1 is 1.11 bits per heavy atom. The summed E-state index contributed by atoms with van der Waals surface area (Å²) in [5.74, 6) is -0.744. The number of hydrogen-bond acceptors (Lipinski definition) is 3. The summed E-state index contributed by atoms with van der Waals surface area (Å²) in [6.07, 6.45) is 1.92. The standard InChI is InChI=1S/C29H27BrFN5OS/c1-18-17-22(19(2)36(18)21-12-10-20(30)11-13-21)28-27(25-9-5-6-15-32-25)34-29(38)35(28)16-14-26(37)33-24-8-4-3-7-23(24)31/h3-13,15,17,27-28H,14,16H2,1-2H3,(H,33,37)(H,34,38)/t27-,28+/m1/s1. The van der Waals surface area contributed by atoms with E-state index in [0.717, 1.165) is 32.8 Å². The van der Waals surface area contributed by atoms with Crippen molar-refractivity contribution < 1.29 is 9.18 Å². The van der Waals surface area contributed by atoms with Gasteiger partial charge in [-0.1, -0.05) is 34.1 Å². The van der Waals surface area contributed by atoms with E-state index in [1.165, 1.54) is 6.07 Å². The molecule has 2 aromatic carbocycles. The van der Waals surface area contributed by atoms with Crippen LogP contribution in [0.5, 0.6) is 0 Å². The van der Waals surface area contributed by atoms with Crippen LogP contribution in [0, 0.1) is 19.7 Å². The second-order valence-corrected chi connectivity index (χ2v) is 10.5. The molecule has 5 rings (SSSR count). The lowest BCUT2D eigenvalue weighted by Gasteiger charge is -2.28. The molecule has 1 aliphatic heterocycles. The fourth-order valence-electron chi connectivity index (χ4n) is 5.06. The van der Waals surface area contributed by atoms with Crippen LogP contribution < -0.4 is 10.6 Å². The van der Waals surface area contributed by atoms with Crippen molar-refractivity contribution in [3.8, 4) is 5.69 Å². The first kappa shape index (κ1) is 26.1. The van der Waals surface area contributed by atoms with Crippen molar-refractivity contribution >= 4 is 44.9 Å². The molecule has 2 N–H and O–H groups in total. The van der Waals surface area contributed by atoms with E-state index in [-0.39, 0.29) is 30.1 Å². The molecule has 0 saturated carbocycles. The van der Waals surface area contributed by atoms with Crippen molar-refractivity contribution in [3.05, 3.63) is 112 Å². The molecule has 194 valence electrons. The Labute approximate surface area is 235 Å². The molecule has 4 aromatic rings. The van der Waals surface area contributed by atoms with Crippen molar-refractivity contribution in [1.29, 1.82) is 0 Å². The van der Waals surface area contributed by atoms with Gasteiger partial charge in [-0.15, -0.1) is 0 Å². The van der Waals surface area contributed by atoms with Crippen molar-refractivity contribution in [2.75, 3.05) is 11.9 Å². The van der Waals surface area contributed by atoms with E-state index >= 15 is 0 Å². The average molecular weight is 593 g/mol. The summed E-state index contributed by atoms with van der Waals surface area (Å²) >= 11 is 9.29. The number of halogens is 2. The van der Waals surface area contributed by atoms with Gasteiger partial charge in [-0.3, -0.25) is 9.78 Å². The van der Waals surface area contributed by atoms with Crippen LogP contribution in [-0.4, -0.2) is 32.0 Å². The smallest absolute Gasteiger partial charge is 0.226 e. The maximum Gasteiger partial charge on any atom is 0.226 e. The molecule has 0 spiro atoms. The minimum Gasteiger partial charge on any atom is -0.352 e. The molecule has 1 fully saturated rings. The van der Waals surface area contributed by atoms with Gasteiger partial charge in [0.1, 0.15) is 5.82 Å². The fourth-order valence-corrected chi connectivity index (χ4v) is 5.65. The van der Waals surface area contributed by atoms with Crippen molar-refractivity contribution in [2.24, 2.45) is 0 Å². The Morgan fingerprint density at radius 3 is 2.55 bits per heavy atom. The second kappa shape index (κ2) is 11.0. The number of nitrogens with one attached hydrogen (secondary N) is 2. The maximum absolute atomic E-state index is 14.1. The van der Waals surface area contributed by atoms with Crippen LogP contribution in [-0.2, 0) is 4.79 Å². The van der Waals surface area contributed by atoms with Gasteiger partial charge in [-0.2, -0.15) is 0 Å². The number of nitrogens with zero attached hydrogens (tertiary/aromatic N) is 3. The lowest BCUT2D eigenvalue weighted by atomic mass is 9.96. The van der Waals surface area contributed by atoms with E-state index in [2.05, 4.69) is 68.2 Å². The first-order chi connectivity index (χ1) is 18.3. The highest BCUT2D eigenvalue weighted by Crippen LogP contribution is 2.41. The SMILES string of the molecule is Cc1cc([C@H]2[C@@H](c3ccccn3)NC(=S)N2CCC(=O)Nc2ccccc2F)c(C)n1-c1ccc(Br)cc1. The quantitative estimate of drug-likeness (QED) is 0.244. The van der Waals surface area contributed by atoms with E-state index in [4.69, 9.17) is 12.2 Å². The monoisotopic (exact) mass is 591 g/mol. The van der Waals surface area contributed by atoms with E-state index in [0.29, 0.717) is 11.7 Å². The minimum absolute atomic E-state index is 0.146. The Morgan fingerprint density at radius 2 is 1.84 bits per heavy atom. The zero-order chi connectivity index (χ0) is 26.8. The number of hydrogen-bond donors (Lipinski definition) is 2. The number of thiocarbonyl (C=S) groups is 1. The second-order valence-electron chi connectivity index (χ2n) is 9.24. The van der Waals surface area contributed by atoms with Gasteiger partial charge in [-0.25, -0.2) is 4.39 Å². The van der Waals surface area contributed by atoms with Crippen LogP contribution in [0.3, 0.4) is 0 Å². The van der Waals surface area contributed by atoms with Crippen molar-refractivity contribution in [3.63, 3.8) is 0 Å². The number of aryl methyl sites for hydroxylation is 1. The number of benzene rings is 2. The van der Waals surface area contributed by atoms with Gasteiger partial charge in [0.2, 0.25) is 5.91 Å².